The summed E-state index contributed by atoms with van der Waals surface area (Å²) in [6, 6.07) is 17.0. The molecule has 0 bridgehead atoms. The molecule has 1 saturated carbocycles. The molecule has 6 nitrogen and oxygen atoms in total. The summed E-state index contributed by atoms with van der Waals surface area (Å²) >= 11 is 5.07. The van der Waals surface area contributed by atoms with Crippen molar-refractivity contribution in [3.8, 4) is 5.75 Å². The van der Waals surface area contributed by atoms with Crippen molar-refractivity contribution in [2.75, 3.05) is 6.61 Å². The highest BCUT2D eigenvalue weighted by atomic mass is 32.1. The number of rotatable bonds is 6. The van der Waals surface area contributed by atoms with E-state index in [9.17, 15) is 9.59 Å². The van der Waals surface area contributed by atoms with Gasteiger partial charge in [0.15, 0.2) is 5.11 Å². The number of benzene rings is 2. The molecule has 7 heteroatoms. The van der Waals surface area contributed by atoms with Crippen molar-refractivity contribution in [1.82, 2.24) is 16.2 Å². The molecule has 0 radical (unpaired) electrons. The van der Waals surface area contributed by atoms with Gasteiger partial charge in [0.05, 0.1) is 6.61 Å². The quantitative estimate of drug-likeness (QED) is 0.503. The molecule has 0 spiro atoms. The fourth-order valence-corrected chi connectivity index (χ4v) is 3.39. The topological polar surface area (TPSA) is 79.5 Å². The number of ether oxygens (including phenoxy) is 1. The number of carbonyl (C=O) groups excluding carboxylic acids is 2. The van der Waals surface area contributed by atoms with Crippen molar-refractivity contribution in [3.05, 3.63) is 65.7 Å². The Kier molecular flexibility index (Phi) is 7.58. The van der Waals surface area contributed by atoms with E-state index in [1.54, 1.807) is 24.3 Å². The van der Waals surface area contributed by atoms with Gasteiger partial charge >= 0.3 is 0 Å². The van der Waals surface area contributed by atoms with Crippen molar-refractivity contribution in [2.45, 2.75) is 32.1 Å². The predicted molar refractivity (Wildman–Crippen MR) is 115 cm³/mol. The first-order chi connectivity index (χ1) is 14.1. The molecule has 1 fully saturated rings. The number of carbonyl (C=O) groups is 2. The predicted octanol–water partition coefficient (Wildman–Crippen LogP) is 3.13. The zero-order chi connectivity index (χ0) is 20.5. The van der Waals surface area contributed by atoms with E-state index >= 15 is 0 Å². The minimum atomic E-state index is -0.353. The smallest absolute Gasteiger partial charge is 0.257 e. The fraction of sp³-hybridized carbons (Fsp3) is 0.318. The zero-order valence-electron chi connectivity index (χ0n) is 16.1. The van der Waals surface area contributed by atoms with E-state index in [1.165, 1.54) is 5.56 Å². The van der Waals surface area contributed by atoms with Crippen LogP contribution < -0.4 is 20.9 Å². The first kappa shape index (κ1) is 20.8. The molecular weight excluding hydrogens is 386 g/mol. The molecule has 1 aliphatic rings. The Balaban J connectivity index is 1.39. The SMILES string of the molecule is O=C(NC(=S)NNC(=O)C1CCCC1)c1ccc(OCCc2ccccc2)cc1. The maximum absolute atomic E-state index is 12.3. The number of nitrogens with one attached hydrogen (secondary N) is 3. The molecule has 0 aliphatic heterocycles. The molecule has 0 unspecified atom stereocenters. The summed E-state index contributed by atoms with van der Waals surface area (Å²) in [5, 5.41) is 2.61. The van der Waals surface area contributed by atoms with Gasteiger partial charge in [-0.3, -0.25) is 25.8 Å². The lowest BCUT2D eigenvalue weighted by molar-refractivity contribution is -0.125. The number of amides is 2. The molecule has 152 valence electrons. The highest BCUT2D eigenvalue weighted by Gasteiger charge is 2.22. The second kappa shape index (κ2) is 10.6. The van der Waals surface area contributed by atoms with Gasteiger partial charge in [-0.2, -0.15) is 0 Å². The van der Waals surface area contributed by atoms with Crippen LogP contribution in [0.2, 0.25) is 0 Å². The highest BCUT2D eigenvalue weighted by Crippen LogP contribution is 2.24. The summed E-state index contributed by atoms with van der Waals surface area (Å²) in [5.74, 6) is 0.280. The Labute approximate surface area is 176 Å². The molecule has 1 aliphatic carbocycles. The van der Waals surface area contributed by atoms with Gasteiger partial charge in [0.1, 0.15) is 5.75 Å². The monoisotopic (exact) mass is 411 g/mol. The Morgan fingerprint density at radius 2 is 1.66 bits per heavy atom. The number of thiocarbonyl (C=S) groups is 1. The van der Waals surface area contributed by atoms with Gasteiger partial charge in [-0.1, -0.05) is 43.2 Å². The molecule has 0 atom stereocenters. The summed E-state index contributed by atoms with van der Waals surface area (Å²) in [4.78, 5) is 24.2. The molecular formula is C22H25N3O3S. The Bertz CT molecular complexity index is 834. The lowest BCUT2D eigenvalue weighted by Crippen LogP contribution is -2.49. The van der Waals surface area contributed by atoms with Gasteiger partial charge in [-0.15, -0.1) is 0 Å². The van der Waals surface area contributed by atoms with Crippen LogP contribution in [0, 0.1) is 5.92 Å². The van der Waals surface area contributed by atoms with E-state index in [-0.39, 0.29) is 22.8 Å². The average Bonchev–Trinajstić information content (AvgIpc) is 3.28. The average molecular weight is 412 g/mol. The van der Waals surface area contributed by atoms with Crippen LogP contribution in [0.25, 0.3) is 0 Å². The lowest BCUT2D eigenvalue weighted by Gasteiger charge is -2.13. The van der Waals surface area contributed by atoms with Gasteiger partial charge in [-0.05, 0) is 54.9 Å². The molecule has 3 rings (SSSR count). The summed E-state index contributed by atoms with van der Waals surface area (Å²) < 4.78 is 5.72. The first-order valence-corrected chi connectivity index (χ1v) is 10.2. The molecule has 0 saturated heterocycles. The van der Waals surface area contributed by atoms with E-state index in [0.29, 0.717) is 17.9 Å². The summed E-state index contributed by atoms with van der Waals surface area (Å²) in [6.07, 6.45) is 4.75. The highest BCUT2D eigenvalue weighted by molar-refractivity contribution is 7.80. The van der Waals surface area contributed by atoms with E-state index in [4.69, 9.17) is 17.0 Å². The standard InChI is InChI=1S/C22H25N3O3S/c26-20(23-22(29)25-24-21(27)17-8-4-5-9-17)18-10-12-19(13-11-18)28-15-14-16-6-2-1-3-7-16/h1-3,6-7,10-13,17H,4-5,8-9,14-15H2,(H,24,27)(H2,23,25,26,29). The molecule has 2 amide bonds. The fourth-order valence-electron chi connectivity index (χ4n) is 3.25. The molecule has 0 heterocycles. The van der Waals surface area contributed by atoms with Gasteiger partial charge < -0.3 is 4.74 Å². The van der Waals surface area contributed by atoms with Gasteiger partial charge in [-0.25, -0.2) is 0 Å². The van der Waals surface area contributed by atoms with E-state index in [0.717, 1.165) is 32.1 Å². The molecule has 2 aromatic rings. The minimum Gasteiger partial charge on any atom is -0.493 e. The van der Waals surface area contributed by atoms with E-state index < -0.39 is 0 Å². The van der Waals surface area contributed by atoms with Crippen molar-refractivity contribution < 1.29 is 14.3 Å². The third-order valence-electron chi connectivity index (χ3n) is 4.87. The largest absolute Gasteiger partial charge is 0.493 e. The Hall–Kier alpha value is -2.93. The van der Waals surface area contributed by atoms with Crippen LogP contribution in [-0.2, 0) is 11.2 Å². The van der Waals surface area contributed by atoms with Crippen LogP contribution in [0.4, 0.5) is 0 Å². The normalized spacial score (nSPS) is 13.5. The number of hydrazine groups is 1. The maximum atomic E-state index is 12.3. The van der Waals surface area contributed by atoms with Crippen LogP contribution in [0.1, 0.15) is 41.6 Å². The van der Waals surface area contributed by atoms with Crippen molar-refractivity contribution in [2.24, 2.45) is 5.92 Å². The zero-order valence-corrected chi connectivity index (χ0v) is 17.0. The van der Waals surface area contributed by atoms with Gasteiger partial charge in [0.25, 0.3) is 5.91 Å². The van der Waals surface area contributed by atoms with Crippen molar-refractivity contribution >= 4 is 29.1 Å². The van der Waals surface area contributed by atoms with Gasteiger partial charge in [0, 0.05) is 17.9 Å². The van der Waals surface area contributed by atoms with Crippen LogP contribution >= 0.6 is 12.2 Å². The molecule has 2 aromatic carbocycles. The maximum Gasteiger partial charge on any atom is 0.257 e. The first-order valence-electron chi connectivity index (χ1n) is 9.80. The third-order valence-corrected chi connectivity index (χ3v) is 5.08. The number of hydrogen-bond donors (Lipinski definition) is 3. The Morgan fingerprint density at radius 1 is 0.966 bits per heavy atom. The summed E-state index contributed by atoms with van der Waals surface area (Å²) in [6.45, 7) is 0.560. The van der Waals surface area contributed by atoms with E-state index in [1.807, 2.05) is 18.2 Å². The number of hydrogen-bond acceptors (Lipinski definition) is 4. The van der Waals surface area contributed by atoms with E-state index in [2.05, 4.69) is 28.3 Å². The summed E-state index contributed by atoms with van der Waals surface area (Å²) in [5.41, 5.74) is 6.82. The van der Waals surface area contributed by atoms with Crippen molar-refractivity contribution in [3.63, 3.8) is 0 Å². The minimum absolute atomic E-state index is 0.0236. The van der Waals surface area contributed by atoms with Crippen LogP contribution in [0.5, 0.6) is 5.75 Å². The lowest BCUT2D eigenvalue weighted by atomic mass is 10.1. The Morgan fingerprint density at radius 3 is 2.34 bits per heavy atom. The van der Waals surface area contributed by atoms with Crippen LogP contribution in [0.3, 0.4) is 0 Å². The van der Waals surface area contributed by atoms with Gasteiger partial charge in [0.2, 0.25) is 5.91 Å². The van der Waals surface area contributed by atoms with Crippen LogP contribution in [-0.4, -0.2) is 23.5 Å². The molecule has 29 heavy (non-hydrogen) atoms. The second-order valence-electron chi connectivity index (χ2n) is 6.99. The molecule has 3 N–H and O–H groups in total. The van der Waals surface area contributed by atoms with Crippen LogP contribution in [0.15, 0.2) is 54.6 Å². The third kappa shape index (κ3) is 6.57. The molecule has 0 aromatic heterocycles. The van der Waals surface area contributed by atoms with Crippen molar-refractivity contribution in [1.29, 1.82) is 0 Å². The second-order valence-corrected chi connectivity index (χ2v) is 7.40. The summed E-state index contributed by atoms with van der Waals surface area (Å²) in [7, 11) is 0.